The van der Waals surface area contributed by atoms with Gasteiger partial charge in [-0.3, -0.25) is 14.4 Å². The highest BCUT2D eigenvalue weighted by Gasteiger charge is 2.19. The van der Waals surface area contributed by atoms with Crippen LogP contribution in [0.5, 0.6) is 0 Å². The van der Waals surface area contributed by atoms with Crippen molar-refractivity contribution in [3.8, 4) is 0 Å². The van der Waals surface area contributed by atoms with E-state index in [0.717, 1.165) is 70.6 Å². The molecule has 0 aliphatic heterocycles. The maximum Gasteiger partial charge on any atom is 0.306 e. The van der Waals surface area contributed by atoms with Crippen LogP contribution in [0.2, 0.25) is 0 Å². The molecule has 382 valence electrons. The van der Waals surface area contributed by atoms with Crippen LogP contribution in [0, 0.1) is 0 Å². The van der Waals surface area contributed by atoms with Crippen LogP contribution in [0.1, 0.15) is 316 Å². The van der Waals surface area contributed by atoms with E-state index in [0.29, 0.717) is 19.3 Å². The van der Waals surface area contributed by atoms with Crippen molar-refractivity contribution >= 4 is 17.9 Å². The molecule has 0 rings (SSSR count). The zero-order valence-electron chi connectivity index (χ0n) is 43.8. The molecular weight excluding hydrogens is 805 g/mol. The predicted octanol–water partition coefficient (Wildman–Crippen LogP) is 19.1. The molecule has 6 heteroatoms. The largest absolute Gasteiger partial charge is 0.462 e. The first-order chi connectivity index (χ1) is 32.0. The van der Waals surface area contributed by atoms with E-state index < -0.39 is 6.10 Å². The van der Waals surface area contributed by atoms with Gasteiger partial charge in [0.05, 0.1) is 0 Å². The molecule has 0 fully saturated rings. The van der Waals surface area contributed by atoms with E-state index >= 15 is 0 Å². The van der Waals surface area contributed by atoms with Gasteiger partial charge in [-0.2, -0.15) is 0 Å². The summed E-state index contributed by atoms with van der Waals surface area (Å²) < 4.78 is 16.9. The molecule has 0 heterocycles. The summed E-state index contributed by atoms with van der Waals surface area (Å²) in [6, 6.07) is 0. The van der Waals surface area contributed by atoms with Crippen molar-refractivity contribution in [2.45, 2.75) is 322 Å². The van der Waals surface area contributed by atoms with Gasteiger partial charge in [0, 0.05) is 19.3 Å². The Hall–Kier alpha value is -2.11. The number of unbranched alkanes of at least 4 members (excludes halogenated alkanes) is 38. The Bertz CT molecular complexity index is 1050. The minimum atomic E-state index is -0.775. The summed E-state index contributed by atoms with van der Waals surface area (Å²) in [4.78, 5) is 38.1. The number of carbonyl (C=O) groups excluding carboxylic acids is 3. The molecule has 0 bridgehead atoms. The standard InChI is InChI=1S/C59H110O6/c1-4-7-10-13-16-19-22-25-27-29-30-31-33-34-37-40-43-46-49-52-58(61)64-55-56(54-63-57(60)51-48-45-42-39-36-24-21-18-15-12-9-6-3)65-59(62)53-50-47-44-41-38-35-32-28-26-23-20-17-14-11-8-5-2/h18,21,28,32,56H,4-17,19-20,22-27,29-31,33-55H2,1-3H3/b21-18-,32-28-/t56-/m1/s1. The van der Waals surface area contributed by atoms with Crippen molar-refractivity contribution in [1.82, 2.24) is 0 Å². The monoisotopic (exact) mass is 915 g/mol. The summed E-state index contributed by atoms with van der Waals surface area (Å²) >= 11 is 0. The van der Waals surface area contributed by atoms with Gasteiger partial charge in [-0.1, -0.05) is 251 Å². The van der Waals surface area contributed by atoms with Gasteiger partial charge in [-0.25, -0.2) is 0 Å². The van der Waals surface area contributed by atoms with E-state index in [-0.39, 0.29) is 31.1 Å². The maximum atomic E-state index is 12.8. The molecule has 0 aliphatic rings. The molecule has 1 atom stereocenters. The first-order valence-corrected chi connectivity index (χ1v) is 28.8. The van der Waals surface area contributed by atoms with Gasteiger partial charge < -0.3 is 14.2 Å². The minimum Gasteiger partial charge on any atom is -0.462 e. The molecule has 65 heavy (non-hydrogen) atoms. The van der Waals surface area contributed by atoms with Crippen LogP contribution in [0.15, 0.2) is 24.3 Å². The van der Waals surface area contributed by atoms with Crippen LogP contribution in [-0.2, 0) is 28.6 Å². The Morgan fingerprint density at radius 2 is 0.508 bits per heavy atom. The summed E-state index contributed by atoms with van der Waals surface area (Å²) in [5.41, 5.74) is 0. The Morgan fingerprint density at radius 1 is 0.292 bits per heavy atom. The molecule has 0 aromatic carbocycles. The fourth-order valence-electron chi connectivity index (χ4n) is 8.55. The third-order valence-electron chi connectivity index (χ3n) is 12.9. The number of allylic oxidation sites excluding steroid dienone is 4. The lowest BCUT2D eigenvalue weighted by Crippen LogP contribution is -2.30. The molecule has 0 radical (unpaired) electrons. The summed E-state index contributed by atoms with van der Waals surface area (Å²) in [6.45, 7) is 6.64. The number of carbonyl (C=O) groups is 3. The predicted molar refractivity (Wildman–Crippen MR) is 279 cm³/mol. The second-order valence-corrected chi connectivity index (χ2v) is 19.6. The number of rotatable bonds is 53. The highest BCUT2D eigenvalue weighted by Crippen LogP contribution is 2.17. The topological polar surface area (TPSA) is 78.9 Å². The lowest BCUT2D eigenvalue weighted by atomic mass is 10.0. The van der Waals surface area contributed by atoms with Crippen molar-refractivity contribution in [2.24, 2.45) is 0 Å². The van der Waals surface area contributed by atoms with E-state index in [1.807, 2.05) is 0 Å². The Labute approximate surface area is 404 Å². The fourth-order valence-corrected chi connectivity index (χ4v) is 8.55. The highest BCUT2D eigenvalue weighted by molar-refractivity contribution is 5.71. The molecule has 0 aliphatic carbocycles. The quantitative estimate of drug-likeness (QED) is 0.0262. The van der Waals surface area contributed by atoms with Crippen molar-refractivity contribution in [2.75, 3.05) is 13.2 Å². The van der Waals surface area contributed by atoms with Crippen LogP contribution in [0.4, 0.5) is 0 Å². The summed E-state index contributed by atoms with van der Waals surface area (Å²) in [7, 11) is 0. The zero-order chi connectivity index (χ0) is 47.2. The number of ether oxygens (including phenoxy) is 3. The van der Waals surface area contributed by atoms with Crippen LogP contribution >= 0.6 is 0 Å². The van der Waals surface area contributed by atoms with Crippen molar-refractivity contribution in [1.29, 1.82) is 0 Å². The molecule has 0 saturated carbocycles. The average molecular weight is 916 g/mol. The van der Waals surface area contributed by atoms with E-state index in [1.165, 1.54) is 205 Å². The minimum absolute atomic E-state index is 0.0729. The van der Waals surface area contributed by atoms with Crippen LogP contribution < -0.4 is 0 Å². The smallest absolute Gasteiger partial charge is 0.306 e. The van der Waals surface area contributed by atoms with Crippen LogP contribution in [0.3, 0.4) is 0 Å². The van der Waals surface area contributed by atoms with E-state index in [1.54, 1.807) is 0 Å². The highest BCUT2D eigenvalue weighted by atomic mass is 16.6. The zero-order valence-corrected chi connectivity index (χ0v) is 43.8. The van der Waals surface area contributed by atoms with Crippen molar-refractivity contribution < 1.29 is 28.6 Å². The summed E-state index contributed by atoms with van der Waals surface area (Å²) in [5, 5.41) is 0. The normalized spacial score (nSPS) is 12.1. The molecule has 0 spiro atoms. The lowest BCUT2D eigenvalue weighted by Gasteiger charge is -2.18. The SMILES string of the molecule is CCCCC/C=C\CCCCCCCC(=O)OC[C@H](COC(=O)CCCCCCCCCCCCCCCCCCCCC)OC(=O)CCCCCCC/C=C\CCCCCCCCC. The molecule has 0 aromatic heterocycles. The maximum absolute atomic E-state index is 12.8. The third-order valence-corrected chi connectivity index (χ3v) is 12.9. The van der Waals surface area contributed by atoms with Crippen LogP contribution in [-0.4, -0.2) is 37.2 Å². The Balaban J connectivity index is 4.30. The Kier molecular flexibility index (Phi) is 52.7. The molecule has 0 aromatic rings. The molecule has 0 N–H and O–H groups in total. The molecular formula is C59H110O6. The molecule has 0 unspecified atom stereocenters. The van der Waals surface area contributed by atoms with Gasteiger partial charge in [0.25, 0.3) is 0 Å². The Morgan fingerprint density at radius 3 is 0.800 bits per heavy atom. The lowest BCUT2D eigenvalue weighted by molar-refractivity contribution is -0.167. The fraction of sp³-hybridized carbons (Fsp3) is 0.881. The molecule has 6 nitrogen and oxygen atoms in total. The van der Waals surface area contributed by atoms with Gasteiger partial charge in [-0.15, -0.1) is 0 Å². The van der Waals surface area contributed by atoms with Crippen molar-refractivity contribution in [3.63, 3.8) is 0 Å². The first-order valence-electron chi connectivity index (χ1n) is 28.8. The van der Waals surface area contributed by atoms with Crippen molar-refractivity contribution in [3.05, 3.63) is 24.3 Å². The average Bonchev–Trinajstić information content (AvgIpc) is 3.30. The second-order valence-electron chi connectivity index (χ2n) is 19.6. The second kappa shape index (κ2) is 54.5. The van der Waals surface area contributed by atoms with Crippen LogP contribution in [0.25, 0.3) is 0 Å². The molecule has 0 amide bonds. The number of esters is 3. The van der Waals surface area contributed by atoms with Gasteiger partial charge in [-0.05, 0) is 70.6 Å². The van der Waals surface area contributed by atoms with Gasteiger partial charge in [0.2, 0.25) is 0 Å². The van der Waals surface area contributed by atoms with Gasteiger partial charge >= 0.3 is 17.9 Å². The molecule has 0 saturated heterocycles. The number of hydrogen-bond donors (Lipinski definition) is 0. The summed E-state index contributed by atoms with van der Waals surface area (Å²) in [6.07, 6.45) is 63.1. The van der Waals surface area contributed by atoms with E-state index in [2.05, 4.69) is 45.1 Å². The van der Waals surface area contributed by atoms with Gasteiger partial charge in [0.15, 0.2) is 6.10 Å². The number of hydrogen-bond acceptors (Lipinski definition) is 6. The van der Waals surface area contributed by atoms with E-state index in [4.69, 9.17) is 14.2 Å². The third kappa shape index (κ3) is 52.7. The summed E-state index contributed by atoms with van der Waals surface area (Å²) in [5.74, 6) is -0.872. The van der Waals surface area contributed by atoms with E-state index in [9.17, 15) is 14.4 Å². The van der Waals surface area contributed by atoms with Gasteiger partial charge in [0.1, 0.15) is 13.2 Å². The first kappa shape index (κ1) is 62.9.